The average Bonchev–Trinajstić information content (AvgIpc) is 3.65. The summed E-state index contributed by atoms with van der Waals surface area (Å²) in [5, 5.41) is 9.39. The third kappa shape index (κ3) is 4.21. The predicted molar refractivity (Wildman–Crippen MR) is 146 cm³/mol. The molecule has 2 atom stereocenters. The number of hydrogen-bond acceptors (Lipinski definition) is 3. The highest BCUT2D eigenvalue weighted by molar-refractivity contribution is 5.90. The molecule has 37 heavy (non-hydrogen) atoms. The standard InChI is InChI=1S/C33H31NO3/c1-20-19-37-21(2)30(20)26-16-29-28(31(24-10-6-7-11-24)23-8-4-3-5-9-23)17-27(32(29)34-18-26)22-12-14-25(15-13-22)33(35)36/h3-5,8-9,12-19,24,28,31H,6-7,10-11H2,1-2H3,(H,35,36)/t28?,31-/m1/s1. The largest absolute Gasteiger partial charge is 0.478 e. The smallest absolute Gasteiger partial charge is 0.335 e. The molecule has 4 aromatic rings. The van der Waals surface area contributed by atoms with Crippen molar-refractivity contribution in [3.8, 4) is 11.1 Å². The number of carbonyl (C=O) groups is 1. The maximum absolute atomic E-state index is 11.4. The van der Waals surface area contributed by atoms with Crippen LogP contribution in [0, 0.1) is 19.8 Å². The second-order valence-corrected chi connectivity index (χ2v) is 10.5. The zero-order valence-corrected chi connectivity index (χ0v) is 21.3. The first kappa shape index (κ1) is 23.5. The Bertz CT molecular complexity index is 1450. The molecule has 2 aromatic heterocycles. The summed E-state index contributed by atoms with van der Waals surface area (Å²) in [4.78, 5) is 16.5. The van der Waals surface area contributed by atoms with E-state index in [0.717, 1.165) is 39.3 Å². The van der Waals surface area contributed by atoms with Gasteiger partial charge in [-0.05, 0) is 79.0 Å². The van der Waals surface area contributed by atoms with Crippen molar-refractivity contribution in [2.24, 2.45) is 5.92 Å². The highest BCUT2D eigenvalue weighted by Crippen LogP contribution is 2.52. The topological polar surface area (TPSA) is 63.3 Å². The molecule has 4 nitrogen and oxygen atoms in total. The number of aryl methyl sites for hydroxylation is 2. The zero-order chi connectivity index (χ0) is 25.5. The Morgan fingerprint density at radius 1 is 1.00 bits per heavy atom. The number of pyridine rings is 1. The maximum atomic E-state index is 11.4. The minimum absolute atomic E-state index is 0.189. The third-order valence-electron chi connectivity index (χ3n) is 8.25. The quantitative estimate of drug-likeness (QED) is 0.297. The average molecular weight is 490 g/mol. The first-order valence-electron chi connectivity index (χ1n) is 13.2. The van der Waals surface area contributed by atoms with E-state index in [2.05, 4.69) is 49.4 Å². The normalized spacial score (nSPS) is 18.0. The highest BCUT2D eigenvalue weighted by Gasteiger charge is 2.38. The number of allylic oxidation sites excluding steroid dienone is 1. The predicted octanol–water partition coefficient (Wildman–Crippen LogP) is 8.16. The van der Waals surface area contributed by atoms with Gasteiger partial charge in [0, 0.05) is 28.8 Å². The minimum atomic E-state index is -0.913. The molecule has 1 saturated carbocycles. The molecule has 0 aliphatic heterocycles. The third-order valence-corrected chi connectivity index (χ3v) is 8.25. The summed E-state index contributed by atoms with van der Waals surface area (Å²) in [5.41, 5.74) is 9.32. The first-order chi connectivity index (χ1) is 18.0. The highest BCUT2D eigenvalue weighted by atomic mass is 16.4. The van der Waals surface area contributed by atoms with E-state index in [4.69, 9.17) is 9.40 Å². The lowest BCUT2D eigenvalue weighted by Gasteiger charge is -2.30. The van der Waals surface area contributed by atoms with E-state index in [1.54, 1.807) is 12.1 Å². The van der Waals surface area contributed by atoms with Crippen LogP contribution in [-0.4, -0.2) is 16.1 Å². The number of aromatic carboxylic acids is 1. The van der Waals surface area contributed by atoms with E-state index in [1.807, 2.05) is 31.5 Å². The molecule has 2 aromatic carbocycles. The van der Waals surface area contributed by atoms with Crippen LogP contribution in [0.4, 0.5) is 0 Å². The van der Waals surface area contributed by atoms with Crippen molar-refractivity contribution in [2.75, 3.05) is 0 Å². The Labute approximate surface area is 217 Å². The van der Waals surface area contributed by atoms with Crippen molar-refractivity contribution in [1.29, 1.82) is 0 Å². The minimum Gasteiger partial charge on any atom is -0.478 e. The van der Waals surface area contributed by atoms with Gasteiger partial charge < -0.3 is 9.52 Å². The molecule has 4 heteroatoms. The van der Waals surface area contributed by atoms with Crippen LogP contribution in [-0.2, 0) is 0 Å². The molecule has 1 fully saturated rings. The van der Waals surface area contributed by atoms with Gasteiger partial charge in [-0.1, -0.05) is 61.4 Å². The van der Waals surface area contributed by atoms with Crippen LogP contribution in [0.25, 0.3) is 16.7 Å². The fraction of sp³-hybridized carbons (Fsp3) is 0.273. The van der Waals surface area contributed by atoms with E-state index in [0.29, 0.717) is 17.4 Å². The fourth-order valence-corrected chi connectivity index (χ4v) is 6.54. The Morgan fingerprint density at radius 2 is 1.73 bits per heavy atom. The fourth-order valence-electron chi connectivity index (χ4n) is 6.54. The Balaban J connectivity index is 1.52. The van der Waals surface area contributed by atoms with Crippen molar-refractivity contribution >= 4 is 11.5 Å². The molecule has 6 rings (SSSR count). The number of carboxylic acid groups (broad SMARTS) is 1. The molecule has 1 N–H and O–H groups in total. The van der Waals surface area contributed by atoms with Gasteiger partial charge in [0.1, 0.15) is 5.76 Å². The SMILES string of the molecule is Cc1coc(C)c1-c1cnc2c(c1)C([C@H](c1ccccc1)C1CCCC1)C=C2c1ccc(C(=O)O)cc1. The number of carboxylic acids is 1. The summed E-state index contributed by atoms with van der Waals surface area (Å²) in [5.74, 6) is 1.16. The number of nitrogens with zero attached hydrogens (tertiary/aromatic N) is 1. The van der Waals surface area contributed by atoms with Crippen molar-refractivity contribution in [2.45, 2.75) is 51.4 Å². The number of fused-ring (bicyclic) bond motifs is 1. The first-order valence-corrected chi connectivity index (χ1v) is 13.2. The molecule has 186 valence electrons. The van der Waals surface area contributed by atoms with Crippen LogP contribution < -0.4 is 0 Å². The lowest BCUT2D eigenvalue weighted by atomic mass is 9.74. The summed E-state index contributed by atoms with van der Waals surface area (Å²) < 4.78 is 5.73. The van der Waals surface area contributed by atoms with Crippen LogP contribution in [0.1, 0.15) is 81.6 Å². The number of benzene rings is 2. The number of hydrogen-bond donors (Lipinski definition) is 1. The Kier molecular flexibility index (Phi) is 6.03. The van der Waals surface area contributed by atoms with Crippen LogP contribution >= 0.6 is 0 Å². The number of aromatic nitrogens is 1. The van der Waals surface area contributed by atoms with Crippen LogP contribution in [0.3, 0.4) is 0 Å². The molecule has 2 aliphatic rings. The lowest BCUT2D eigenvalue weighted by Crippen LogP contribution is -2.17. The van der Waals surface area contributed by atoms with Crippen molar-refractivity contribution in [3.05, 3.63) is 118 Å². The monoisotopic (exact) mass is 489 g/mol. The summed E-state index contributed by atoms with van der Waals surface area (Å²) >= 11 is 0. The van der Waals surface area contributed by atoms with Gasteiger partial charge in [0.15, 0.2) is 0 Å². The second-order valence-electron chi connectivity index (χ2n) is 10.5. The molecule has 0 radical (unpaired) electrons. The van der Waals surface area contributed by atoms with Crippen LogP contribution in [0.15, 0.2) is 83.6 Å². The van der Waals surface area contributed by atoms with E-state index in [-0.39, 0.29) is 5.92 Å². The van der Waals surface area contributed by atoms with Gasteiger partial charge in [-0.25, -0.2) is 4.79 Å². The molecule has 0 spiro atoms. The maximum Gasteiger partial charge on any atom is 0.335 e. The van der Waals surface area contributed by atoms with Gasteiger partial charge in [0.25, 0.3) is 0 Å². The van der Waals surface area contributed by atoms with Gasteiger partial charge >= 0.3 is 5.97 Å². The summed E-state index contributed by atoms with van der Waals surface area (Å²) in [7, 11) is 0. The van der Waals surface area contributed by atoms with E-state index < -0.39 is 5.97 Å². The van der Waals surface area contributed by atoms with Gasteiger partial charge in [-0.2, -0.15) is 0 Å². The molecule has 2 aliphatic carbocycles. The Morgan fingerprint density at radius 3 is 2.38 bits per heavy atom. The van der Waals surface area contributed by atoms with E-state index in [1.165, 1.54) is 36.8 Å². The second kappa shape index (κ2) is 9.51. The molecule has 1 unspecified atom stereocenters. The van der Waals surface area contributed by atoms with Crippen LogP contribution in [0.2, 0.25) is 0 Å². The molecule has 0 amide bonds. The number of furan rings is 1. The van der Waals surface area contributed by atoms with E-state index in [9.17, 15) is 9.90 Å². The number of rotatable bonds is 6. The summed E-state index contributed by atoms with van der Waals surface area (Å²) in [6, 6.07) is 20.4. The lowest BCUT2D eigenvalue weighted by molar-refractivity contribution is 0.0697. The van der Waals surface area contributed by atoms with Gasteiger partial charge in [-0.15, -0.1) is 0 Å². The molecule has 0 saturated heterocycles. The van der Waals surface area contributed by atoms with Crippen molar-refractivity contribution in [3.63, 3.8) is 0 Å². The van der Waals surface area contributed by atoms with Crippen LogP contribution in [0.5, 0.6) is 0 Å². The zero-order valence-electron chi connectivity index (χ0n) is 21.3. The van der Waals surface area contributed by atoms with Gasteiger partial charge in [0.2, 0.25) is 0 Å². The molecule has 2 heterocycles. The summed E-state index contributed by atoms with van der Waals surface area (Å²) in [6.07, 6.45) is 11.2. The van der Waals surface area contributed by atoms with E-state index >= 15 is 0 Å². The summed E-state index contributed by atoms with van der Waals surface area (Å²) in [6.45, 7) is 4.08. The molecular weight excluding hydrogens is 458 g/mol. The van der Waals surface area contributed by atoms with Gasteiger partial charge in [0.05, 0.1) is 17.5 Å². The molecule has 0 bridgehead atoms. The van der Waals surface area contributed by atoms with Gasteiger partial charge in [-0.3, -0.25) is 4.98 Å². The van der Waals surface area contributed by atoms with Crippen molar-refractivity contribution < 1.29 is 14.3 Å². The van der Waals surface area contributed by atoms with Crippen molar-refractivity contribution in [1.82, 2.24) is 4.98 Å². The molecular formula is C33H31NO3. The Hall–Kier alpha value is -3.92.